The molecule has 0 spiro atoms. The minimum atomic E-state index is 0.101. The molecule has 1 amide bonds. The molecular weight excluding hydrogens is 260 g/mol. The minimum absolute atomic E-state index is 0.101. The van der Waals surface area contributed by atoms with Crippen LogP contribution in [0.25, 0.3) is 0 Å². The number of anilines is 1. The van der Waals surface area contributed by atoms with Crippen LogP contribution in [-0.2, 0) is 4.79 Å². The molecule has 1 unspecified atom stereocenters. The molecule has 1 fully saturated rings. The topological polar surface area (TPSA) is 33.2 Å². The quantitative estimate of drug-likeness (QED) is 0.750. The van der Waals surface area contributed by atoms with Gasteiger partial charge in [-0.05, 0) is 30.7 Å². The first kappa shape index (κ1) is 13.4. The van der Waals surface area contributed by atoms with Crippen LogP contribution in [0.2, 0.25) is 0 Å². The molecule has 3 nitrogen and oxygen atoms in total. The van der Waals surface area contributed by atoms with Gasteiger partial charge in [-0.15, -0.1) is 0 Å². The molecule has 0 radical (unpaired) electrons. The number of carbonyl (C=O) groups is 1. The van der Waals surface area contributed by atoms with Gasteiger partial charge in [0.25, 0.3) is 0 Å². The molecule has 1 aromatic heterocycles. The lowest BCUT2D eigenvalue weighted by molar-refractivity contribution is -0.119. The minimum Gasteiger partial charge on any atom is -0.297 e. The first-order chi connectivity index (χ1) is 10.2. The number of aromatic nitrogens is 1. The summed E-state index contributed by atoms with van der Waals surface area (Å²) in [6.07, 6.45) is 2.62. The van der Waals surface area contributed by atoms with Crippen molar-refractivity contribution in [3.8, 4) is 11.8 Å². The number of hydrogen-bond donors (Lipinski definition) is 0. The zero-order chi connectivity index (χ0) is 14.7. The summed E-state index contributed by atoms with van der Waals surface area (Å²) in [6.45, 7) is 2.71. The van der Waals surface area contributed by atoms with E-state index in [1.54, 1.807) is 11.1 Å². The summed E-state index contributed by atoms with van der Waals surface area (Å²) in [5.74, 6) is 7.15. The number of hydrogen-bond acceptors (Lipinski definition) is 2. The van der Waals surface area contributed by atoms with Crippen LogP contribution in [0.4, 0.5) is 5.82 Å². The van der Waals surface area contributed by atoms with Crippen molar-refractivity contribution >= 4 is 11.7 Å². The molecule has 0 saturated carbocycles. The van der Waals surface area contributed by atoms with Crippen LogP contribution >= 0.6 is 0 Å². The third kappa shape index (κ3) is 2.95. The molecule has 104 valence electrons. The van der Waals surface area contributed by atoms with E-state index >= 15 is 0 Å². The predicted octanol–water partition coefficient (Wildman–Crippen LogP) is 2.85. The number of nitrogens with zero attached hydrogens (tertiary/aromatic N) is 2. The molecule has 1 aliphatic heterocycles. The average Bonchev–Trinajstić information content (AvgIpc) is 2.87. The molecule has 0 bridgehead atoms. The lowest BCUT2D eigenvalue weighted by Crippen LogP contribution is -2.26. The van der Waals surface area contributed by atoms with Crippen LogP contribution in [0.1, 0.15) is 24.5 Å². The lowest BCUT2D eigenvalue weighted by atomic mass is 10.1. The summed E-state index contributed by atoms with van der Waals surface area (Å²) in [6, 6.07) is 13.6. The Hall–Kier alpha value is -2.60. The lowest BCUT2D eigenvalue weighted by Gasteiger charge is -2.14. The van der Waals surface area contributed by atoms with E-state index in [9.17, 15) is 4.79 Å². The maximum absolute atomic E-state index is 12.0. The van der Waals surface area contributed by atoms with E-state index in [1.165, 1.54) is 0 Å². The van der Waals surface area contributed by atoms with Crippen molar-refractivity contribution in [3.63, 3.8) is 0 Å². The van der Waals surface area contributed by atoms with Crippen LogP contribution in [0.3, 0.4) is 0 Å². The number of carbonyl (C=O) groups excluding carboxylic acids is 1. The van der Waals surface area contributed by atoms with Crippen molar-refractivity contribution in [3.05, 3.63) is 59.8 Å². The maximum Gasteiger partial charge on any atom is 0.231 e. The predicted molar refractivity (Wildman–Crippen MR) is 82.8 cm³/mol. The van der Waals surface area contributed by atoms with Crippen LogP contribution in [0, 0.1) is 17.8 Å². The smallest absolute Gasteiger partial charge is 0.231 e. The van der Waals surface area contributed by atoms with Crippen molar-refractivity contribution in [2.24, 2.45) is 5.92 Å². The number of benzene rings is 1. The van der Waals surface area contributed by atoms with Gasteiger partial charge in [0.1, 0.15) is 5.82 Å². The van der Waals surface area contributed by atoms with Crippen molar-refractivity contribution in [2.75, 3.05) is 11.4 Å². The molecule has 1 aromatic carbocycles. The zero-order valence-corrected chi connectivity index (χ0v) is 11.9. The summed E-state index contributed by atoms with van der Waals surface area (Å²) in [4.78, 5) is 18.1. The Bertz CT molecular complexity index is 695. The Balaban J connectivity index is 1.76. The van der Waals surface area contributed by atoms with Crippen LogP contribution in [0.5, 0.6) is 0 Å². The normalized spacial score (nSPS) is 17.5. The molecule has 2 heterocycles. The van der Waals surface area contributed by atoms with E-state index in [4.69, 9.17) is 0 Å². The Morgan fingerprint density at radius 1 is 1.10 bits per heavy atom. The van der Waals surface area contributed by atoms with Crippen LogP contribution in [-0.4, -0.2) is 17.4 Å². The van der Waals surface area contributed by atoms with Gasteiger partial charge in [-0.3, -0.25) is 9.69 Å². The highest BCUT2D eigenvalue weighted by Crippen LogP contribution is 2.22. The first-order valence-electron chi connectivity index (χ1n) is 7.08. The highest BCUT2D eigenvalue weighted by Gasteiger charge is 2.29. The van der Waals surface area contributed by atoms with Crippen molar-refractivity contribution in [1.29, 1.82) is 0 Å². The molecule has 0 aliphatic carbocycles. The SMILES string of the molecule is CC1CCN(c2ccc(C#Cc3ccccc3)cn2)C1=O. The fourth-order valence-electron chi connectivity index (χ4n) is 2.34. The molecule has 0 N–H and O–H groups in total. The number of rotatable bonds is 1. The Kier molecular flexibility index (Phi) is 3.70. The molecule has 21 heavy (non-hydrogen) atoms. The summed E-state index contributed by atoms with van der Waals surface area (Å²) >= 11 is 0. The third-order valence-corrected chi connectivity index (χ3v) is 3.62. The molecule has 1 aliphatic rings. The molecule has 2 aromatic rings. The van der Waals surface area contributed by atoms with Gasteiger partial charge < -0.3 is 0 Å². The Morgan fingerprint density at radius 2 is 1.86 bits per heavy atom. The van der Waals surface area contributed by atoms with Gasteiger partial charge in [0, 0.05) is 29.8 Å². The van der Waals surface area contributed by atoms with E-state index in [2.05, 4.69) is 16.8 Å². The van der Waals surface area contributed by atoms with E-state index in [-0.39, 0.29) is 11.8 Å². The van der Waals surface area contributed by atoms with Gasteiger partial charge in [-0.1, -0.05) is 37.0 Å². The van der Waals surface area contributed by atoms with Gasteiger partial charge >= 0.3 is 0 Å². The van der Waals surface area contributed by atoms with Crippen LogP contribution < -0.4 is 4.90 Å². The highest BCUT2D eigenvalue weighted by atomic mass is 16.2. The summed E-state index contributed by atoms with van der Waals surface area (Å²) in [5, 5.41) is 0. The van der Waals surface area contributed by atoms with E-state index in [1.807, 2.05) is 49.4 Å². The van der Waals surface area contributed by atoms with Gasteiger partial charge in [0.05, 0.1) is 0 Å². The number of amides is 1. The second-order valence-corrected chi connectivity index (χ2v) is 5.20. The fourth-order valence-corrected chi connectivity index (χ4v) is 2.34. The largest absolute Gasteiger partial charge is 0.297 e. The summed E-state index contributed by atoms with van der Waals surface area (Å²) in [7, 11) is 0. The molecule has 3 rings (SSSR count). The average molecular weight is 276 g/mol. The maximum atomic E-state index is 12.0. The molecule has 3 heteroatoms. The van der Waals surface area contributed by atoms with Crippen molar-refractivity contribution in [2.45, 2.75) is 13.3 Å². The summed E-state index contributed by atoms with van der Waals surface area (Å²) in [5.41, 5.74) is 1.83. The molecular formula is C18H16N2O. The van der Waals surface area contributed by atoms with Gasteiger partial charge in [0.15, 0.2) is 0 Å². The second kappa shape index (κ2) is 5.80. The Labute approximate surface area is 124 Å². The zero-order valence-electron chi connectivity index (χ0n) is 11.9. The van der Waals surface area contributed by atoms with Gasteiger partial charge in [-0.2, -0.15) is 0 Å². The standard InChI is InChI=1S/C18H16N2O/c1-14-11-12-20(18(14)21)17-10-9-16(13-19-17)8-7-15-5-3-2-4-6-15/h2-6,9-10,13-14H,11-12H2,1H3. The first-order valence-corrected chi connectivity index (χ1v) is 7.08. The second-order valence-electron chi connectivity index (χ2n) is 5.20. The van der Waals surface area contributed by atoms with Crippen molar-refractivity contribution < 1.29 is 4.79 Å². The van der Waals surface area contributed by atoms with E-state index in [0.29, 0.717) is 0 Å². The Morgan fingerprint density at radius 3 is 2.48 bits per heavy atom. The molecule has 1 atom stereocenters. The fraction of sp³-hybridized carbons (Fsp3) is 0.222. The third-order valence-electron chi connectivity index (χ3n) is 3.62. The van der Waals surface area contributed by atoms with E-state index in [0.717, 1.165) is 29.9 Å². The highest BCUT2D eigenvalue weighted by molar-refractivity contribution is 5.96. The molecule has 1 saturated heterocycles. The van der Waals surface area contributed by atoms with Crippen molar-refractivity contribution in [1.82, 2.24) is 4.98 Å². The monoisotopic (exact) mass is 276 g/mol. The van der Waals surface area contributed by atoms with Gasteiger partial charge in [-0.25, -0.2) is 4.98 Å². The van der Waals surface area contributed by atoms with Gasteiger partial charge in [0.2, 0.25) is 5.91 Å². The van der Waals surface area contributed by atoms with Crippen LogP contribution in [0.15, 0.2) is 48.7 Å². The summed E-state index contributed by atoms with van der Waals surface area (Å²) < 4.78 is 0. The van der Waals surface area contributed by atoms with E-state index < -0.39 is 0 Å². The number of pyridine rings is 1.